The molecule has 1 atom stereocenters. The first-order chi connectivity index (χ1) is 24.1. The molecule has 5 nitrogen and oxygen atoms in total. The van der Waals surface area contributed by atoms with Crippen LogP contribution in [0, 0.1) is 11.3 Å². The number of benzene rings is 6. The van der Waals surface area contributed by atoms with Gasteiger partial charge in [-0.25, -0.2) is 15.0 Å². The summed E-state index contributed by atoms with van der Waals surface area (Å²) in [5.74, 6) is 1.90. The van der Waals surface area contributed by atoms with Crippen molar-refractivity contribution in [1.82, 2.24) is 20.3 Å². The smallest absolute Gasteiger partial charge is 0.164 e. The highest BCUT2D eigenvalue weighted by atomic mass is 15.0. The summed E-state index contributed by atoms with van der Waals surface area (Å²) in [6.07, 6.45) is 8.08. The quantitative estimate of drug-likeness (QED) is 0.198. The van der Waals surface area contributed by atoms with Gasteiger partial charge in [-0.3, -0.25) is 0 Å². The van der Waals surface area contributed by atoms with Crippen LogP contribution in [0.25, 0.3) is 67.2 Å². The van der Waals surface area contributed by atoms with Crippen molar-refractivity contribution in [2.45, 2.75) is 12.5 Å². The molecular formula is C44H31N5. The molecule has 6 aromatic carbocycles. The normalized spacial score (nSPS) is 15.1. The molecule has 2 heterocycles. The largest absolute Gasteiger partial charge is 0.378 e. The van der Waals surface area contributed by atoms with Crippen LogP contribution in [0.2, 0.25) is 0 Å². The molecule has 1 unspecified atom stereocenters. The first kappa shape index (κ1) is 29.7. The lowest BCUT2D eigenvalue weighted by Gasteiger charge is -2.30. The van der Waals surface area contributed by atoms with E-state index < -0.39 is 5.54 Å². The van der Waals surface area contributed by atoms with Crippen molar-refractivity contribution in [1.29, 1.82) is 5.26 Å². The lowest BCUT2D eigenvalue weighted by molar-refractivity contribution is 0.524. The van der Waals surface area contributed by atoms with Gasteiger partial charge in [-0.1, -0.05) is 133 Å². The fourth-order valence-electron chi connectivity index (χ4n) is 6.44. The van der Waals surface area contributed by atoms with Crippen LogP contribution in [0.3, 0.4) is 0 Å². The zero-order valence-corrected chi connectivity index (χ0v) is 26.9. The fourth-order valence-corrected chi connectivity index (χ4v) is 6.44. The predicted octanol–water partition coefficient (Wildman–Crippen LogP) is 10.1. The lowest BCUT2D eigenvalue weighted by atomic mass is 9.85. The molecule has 0 amide bonds. The van der Waals surface area contributed by atoms with E-state index in [0.717, 1.165) is 55.3 Å². The van der Waals surface area contributed by atoms with Gasteiger partial charge in [-0.15, -0.1) is 0 Å². The first-order valence-corrected chi connectivity index (χ1v) is 16.3. The molecule has 1 aromatic heterocycles. The molecule has 0 fully saturated rings. The summed E-state index contributed by atoms with van der Waals surface area (Å²) in [5.41, 5.74) is 8.37. The van der Waals surface area contributed by atoms with Gasteiger partial charge < -0.3 is 5.32 Å². The zero-order chi connectivity index (χ0) is 33.2. The van der Waals surface area contributed by atoms with Crippen LogP contribution >= 0.6 is 0 Å². The van der Waals surface area contributed by atoms with Crippen LogP contribution in [0.1, 0.15) is 18.1 Å². The Morgan fingerprint density at radius 1 is 0.531 bits per heavy atom. The third kappa shape index (κ3) is 5.77. The SMILES string of the molecule is CC1(c2cc(C#N)cc(-c3ccc(-c4ccc(-c5nc(-c6ccccc6)nc(-c6ccccc6)n5)cc4)c4ccccc34)c2)C=CC=CN1. The van der Waals surface area contributed by atoms with Gasteiger partial charge in [-0.2, -0.15) is 5.26 Å². The fraction of sp³-hybridized carbons (Fsp3) is 0.0455. The summed E-state index contributed by atoms with van der Waals surface area (Å²) in [7, 11) is 0. The molecule has 0 radical (unpaired) electrons. The van der Waals surface area contributed by atoms with Gasteiger partial charge in [0, 0.05) is 16.7 Å². The highest BCUT2D eigenvalue weighted by Crippen LogP contribution is 2.38. The molecule has 5 heteroatoms. The Hall–Kier alpha value is -6.64. The Labute approximate surface area is 285 Å². The maximum absolute atomic E-state index is 9.96. The van der Waals surface area contributed by atoms with Crippen LogP contribution in [-0.2, 0) is 5.54 Å². The van der Waals surface area contributed by atoms with Crippen molar-refractivity contribution in [2.75, 3.05) is 0 Å². The minimum Gasteiger partial charge on any atom is -0.378 e. The highest BCUT2D eigenvalue weighted by Gasteiger charge is 2.24. The number of nitriles is 1. The number of dihydropyridines is 1. The third-order valence-electron chi connectivity index (χ3n) is 9.07. The molecule has 0 bridgehead atoms. The Kier molecular flexibility index (Phi) is 7.60. The molecular weight excluding hydrogens is 599 g/mol. The van der Waals surface area contributed by atoms with Crippen molar-refractivity contribution in [2.24, 2.45) is 0 Å². The maximum Gasteiger partial charge on any atom is 0.164 e. The topological polar surface area (TPSA) is 74.5 Å². The number of nitrogens with one attached hydrogen (secondary N) is 1. The average molecular weight is 630 g/mol. The van der Waals surface area contributed by atoms with E-state index >= 15 is 0 Å². The number of rotatable bonds is 6. The number of aromatic nitrogens is 3. The Morgan fingerprint density at radius 2 is 1.04 bits per heavy atom. The monoisotopic (exact) mass is 629 g/mol. The van der Waals surface area contributed by atoms with E-state index in [1.165, 1.54) is 0 Å². The van der Waals surface area contributed by atoms with Crippen LogP contribution in [0.4, 0.5) is 0 Å². The predicted molar refractivity (Wildman–Crippen MR) is 198 cm³/mol. The van der Waals surface area contributed by atoms with Crippen LogP contribution in [0.5, 0.6) is 0 Å². The Balaban J connectivity index is 1.19. The van der Waals surface area contributed by atoms with E-state index in [4.69, 9.17) is 15.0 Å². The maximum atomic E-state index is 9.96. The van der Waals surface area contributed by atoms with Gasteiger partial charge in [-0.05, 0) is 76.0 Å². The summed E-state index contributed by atoms with van der Waals surface area (Å²) < 4.78 is 0. The average Bonchev–Trinajstić information content (AvgIpc) is 3.18. The molecule has 0 aliphatic carbocycles. The second-order valence-electron chi connectivity index (χ2n) is 12.3. The molecule has 7 aromatic rings. The molecule has 232 valence electrons. The third-order valence-corrected chi connectivity index (χ3v) is 9.07. The number of nitrogens with zero attached hydrogens (tertiary/aromatic N) is 4. The van der Waals surface area contributed by atoms with E-state index in [2.05, 4.69) is 91.1 Å². The van der Waals surface area contributed by atoms with Gasteiger partial charge in [0.2, 0.25) is 0 Å². The minimum atomic E-state index is -0.407. The molecule has 49 heavy (non-hydrogen) atoms. The number of hydrogen-bond donors (Lipinski definition) is 1. The summed E-state index contributed by atoms with van der Waals surface area (Å²) >= 11 is 0. The first-order valence-electron chi connectivity index (χ1n) is 16.3. The molecule has 8 rings (SSSR count). The Morgan fingerprint density at radius 3 is 1.57 bits per heavy atom. The molecule has 1 N–H and O–H groups in total. The minimum absolute atomic E-state index is 0.407. The molecule has 0 saturated carbocycles. The second kappa shape index (κ2) is 12.5. The van der Waals surface area contributed by atoms with E-state index in [9.17, 15) is 5.26 Å². The summed E-state index contributed by atoms with van der Waals surface area (Å²) in [6, 6.07) is 49.8. The molecule has 0 spiro atoms. The second-order valence-corrected chi connectivity index (χ2v) is 12.3. The molecule has 0 saturated heterocycles. The van der Waals surface area contributed by atoms with Gasteiger partial charge in [0.15, 0.2) is 17.5 Å². The van der Waals surface area contributed by atoms with Crippen molar-refractivity contribution in [3.63, 3.8) is 0 Å². The van der Waals surface area contributed by atoms with Gasteiger partial charge in [0.25, 0.3) is 0 Å². The van der Waals surface area contributed by atoms with Crippen LogP contribution in [-0.4, -0.2) is 15.0 Å². The van der Waals surface area contributed by atoms with Crippen LogP contribution in [0.15, 0.2) is 164 Å². The summed E-state index contributed by atoms with van der Waals surface area (Å²) in [5, 5.41) is 15.7. The summed E-state index contributed by atoms with van der Waals surface area (Å²) in [6.45, 7) is 2.13. The Bertz CT molecular complexity index is 2370. The summed E-state index contributed by atoms with van der Waals surface area (Å²) in [4.78, 5) is 14.6. The van der Waals surface area contributed by atoms with Crippen LogP contribution < -0.4 is 5.32 Å². The molecule has 1 aliphatic heterocycles. The van der Waals surface area contributed by atoms with Gasteiger partial charge in [0.05, 0.1) is 17.2 Å². The van der Waals surface area contributed by atoms with E-state index in [-0.39, 0.29) is 0 Å². The zero-order valence-electron chi connectivity index (χ0n) is 26.9. The lowest BCUT2D eigenvalue weighted by Crippen LogP contribution is -2.35. The van der Waals surface area contributed by atoms with Crippen molar-refractivity contribution < 1.29 is 0 Å². The van der Waals surface area contributed by atoms with Crippen molar-refractivity contribution >= 4 is 10.8 Å². The number of fused-ring (bicyclic) bond motifs is 1. The van der Waals surface area contributed by atoms with Gasteiger partial charge in [0.1, 0.15) is 0 Å². The van der Waals surface area contributed by atoms with E-state index in [1.54, 1.807) is 0 Å². The van der Waals surface area contributed by atoms with E-state index in [1.807, 2.05) is 91.1 Å². The highest BCUT2D eigenvalue weighted by molar-refractivity contribution is 6.05. The molecule has 1 aliphatic rings. The number of allylic oxidation sites excluding steroid dienone is 2. The van der Waals surface area contributed by atoms with Gasteiger partial charge >= 0.3 is 0 Å². The standard InChI is InChI=1S/C44H31N5/c1-44(24-10-11-25-46-44)36-27-30(29-45)26-35(28-36)38-23-22-37(39-16-8-9-17-40(38)39)31-18-20-34(21-19-31)43-48-41(32-12-4-2-5-13-32)47-42(49-43)33-14-6-3-7-15-33/h2-28,46H,1H3. The van der Waals surface area contributed by atoms with E-state index in [0.29, 0.717) is 23.0 Å². The van der Waals surface area contributed by atoms with Crippen molar-refractivity contribution in [3.05, 3.63) is 175 Å². The van der Waals surface area contributed by atoms with Crippen molar-refractivity contribution in [3.8, 4) is 62.5 Å². The number of hydrogen-bond acceptors (Lipinski definition) is 5.